The molecule has 0 aliphatic carbocycles. The van der Waals surface area contributed by atoms with Gasteiger partial charge in [0.2, 0.25) is 0 Å². The largest absolute Gasteiger partial charge is 0.317 e. The SMILES string of the molecule is CCNCCCC(C)N1CCC(C)(CC)CC1. The molecule has 0 saturated carbocycles. The molecule has 17 heavy (non-hydrogen) atoms. The summed E-state index contributed by atoms with van der Waals surface area (Å²) in [4.78, 5) is 2.70. The summed E-state index contributed by atoms with van der Waals surface area (Å²) in [6.45, 7) is 14.3. The van der Waals surface area contributed by atoms with E-state index < -0.39 is 0 Å². The third-order valence-corrected chi connectivity index (χ3v) is 4.71. The van der Waals surface area contributed by atoms with E-state index in [9.17, 15) is 0 Å². The average molecular weight is 240 g/mol. The molecule has 0 aromatic rings. The van der Waals surface area contributed by atoms with Gasteiger partial charge in [-0.3, -0.25) is 0 Å². The standard InChI is InChI=1S/C15H32N2/c1-5-15(4)9-12-17(13-10-15)14(3)8-7-11-16-6-2/h14,16H,5-13H2,1-4H3. The summed E-state index contributed by atoms with van der Waals surface area (Å²) in [5.74, 6) is 0. The molecule has 0 spiro atoms. The molecular formula is C15H32N2. The predicted octanol–water partition coefficient (Wildman–Crippen LogP) is 3.28. The van der Waals surface area contributed by atoms with Gasteiger partial charge >= 0.3 is 0 Å². The Bertz CT molecular complexity index is 195. The third-order valence-electron chi connectivity index (χ3n) is 4.71. The maximum atomic E-state index is 3.41. The predicted molar refractivity (Wildman–Crippen MR) is 76.4 cm³/mol. The summed E-state index contributed by atoms with van der Waals surface area (Å²) in [6.07, 6.45) is 6.78. The number of nitrogens with zero attached hydrogens (tertiary/aromatic N) is 1. The van der Waals surface area contributed by atoms with Crippen LogP contribution in [0.3, 0.4) is 0 Å². The van der Waals surface area contributed by atoms with Gasteiger partial charge in [-0.25, -0.2) is 0 Å². The molecule has 0 aromatic carbocycles. The van der Waals surface area contributed by atoms with Crippen molar-refractivity contribution < 1.29 is 0 Å². The summed E-state index contributed by atoms with van der Waals surface area (Å²) in [5.41, 5.74) is 0.625. The number of likely N-dealkylation sites (tertiary alicyclic amines) is 1. The quantitative estimate of drug-likeness (QED) is 0.687. The summed E-state index contributed by atoms with van der Waals surface area (Å²) in [6, 6.07) is 0.773. The summed E-state index contributed by atoms with van der Waals surface area (Å²) < 4.78 is 0. The van der Waals surface area contributed by atoms with Crippen LogP contribution in [0.4, 0.5) is 0 Å². The van der Waals surface area contributed by atoms with Crippen LogP contribution < -0.4 is 5.32 Å². The highest BCUT2D eigenvalue weighted by molar-refractivity contribution is 4.83. The maximum Gasteiger partial charge on any atom is 0.00674 e. The molecule has 2 nitrogen and oxygen atoms in total. The lowest BCUT2D eigenvalue weighted by Crippen LogP contribution is -2.43. The van der Waals surface area contributed by atoms with Crippen LogP contribution in [0.15, 0.2) is 0 Å². The van der Waals surface area contributed by atoms with Gasteiger partial charge in [0.25, 0.3) is 0 Å². The zero-order chi connectivity index (χ0) is 12.7. The highest BCUT2D eigenvalue weighted by atomic mass is 15.2. The molecule has 1 aliphatic rings. The van der Waals surface area contributed by atoms with Crippen LogP contribution in [-0.4, -0.2) is 37.1 Å². The molecule has 102 valence electrons. The van der Waals surface area contributed by atoms with E-state index in [0.29, 0.717) is 5.41 Å². The van der Waals surface area contributed by atoms with Crippen molar-refractivity contribution in [2.45, 2.75) is 65.8 Å². The van der Waals surface area contributed by atoms with Crippen LogP contribution in [0.5, 0.6) is 0 Å². The van der Waals surface area contributed by atoms with Crippen LogP contribution in [0.2, 0.25) is 0 Å². The van der Waals surface area contributed by atoms with E-state index in [2.05, 4.69) is 37.9 Å². The molecule has 1 rings (SSSR count). The Morgan fingerprint density at radius 2 is 1.88 bits per heavy atom. The minimum absolute atomic E-state index is 0.625. The van der Waals surface area contributed by atoms with Gasteiger partial charge in [-0.05, 0) is 64.2 Å². The van der Waals surface area contributed by atoms with Gasteiger partial charge in [0, 0.05) is 6.04 Å². The van der Waals surface area contributed by atoms with E-state index in [0.717, 1.165) is 12.6 Å². The van der Waals surface area contributed by atoms with Crippen molar-refractivity contribution in [1.29, 1.82) is 0 Å². The normalized spacial score (nSPS) is 22.6. The van der Waals surface area contributed by atoms with Crippen molar-refractivity contribution in [2.75, 3.05) is 26.2 Å². The summed E-state index contributed by atoms with van der Waals surface area (Å²) in [7, 11) is 0. The van der Waals surface area contributed by atoms with Gasteiger partial charge < -0.3 is 10.2 Å². The minimum Gasteiger partial charge on any atom is -0.317 e. The van der Waals surface area contributed by atoms with Crippen LogP contribution in [0.25, 0.3) is 0 Å². The summed E-state index contributed by atoms with van der Waals surface area (Å²) >= 11 is 0. The number of nitrogens with one attached hydrogen (secondary N) is 1. The first-order valence-electron chi connectivity index (χ1n) is 7.56. The summed E-state index contributed by atoms with van der Waals surface area (Å²) in [5, 5.41) is 3.41. The van der Waals surface area contributed by atoms with Crippen molar-refractivity contribution in [3.63, 3.8) is 0 Å². The molecule has 1 unspecified atom stereocenters. The number of piperidine rings is 1. The first-order chi connectivity index (χ1) is 8.11. The fraction of sp³-hybridized carbons (Fsp3) is 1.00. The Kier molecular flexibility index (Phi) is 6.50. The van der Waals surface area contributed by atoms with Gasteiger partial charge in [-0.15, -0.1) is 0 Å². The Hall–Kier alpha value is -0.0800. The van der Waals surface area contributed by atoms with Crippen molar-refractivity contribution in [1.82, 2.24) is 10.2 Å². The van der Waals surface area contributed by atoms with E-state index in [1.165, 1.54) is 51.7 Å². The lowest BCUT2D eigenvalue weighted by atomic mass is 9.78. The monoisotopic (exact) mass is 240 g/mol. The third kappa shape index (κ3) is 4.97. The van der Waals surface area contributed by atoms with Crippen molar-refractivity contribution in [2.24, 2.45) is 5.41 Å². The van der Waals surface area contributed by atoms with Gasteiger partial charge in [0.05, 0.1) is 0 Å². The van der Waals surface area contributed by atoms with Gasteiger partial charge in [0.1, 0.15) is 0 Å². The van der Waals surface area contributed by atoms with E-state index in [-0.39, 0.29) is 0 Å². The van der Waals surface area contributed by atoms with E-state index >= 15 is 0 Å². The molecular weight excluding hydrogens is 208 g/mol. The Morgan fingerprint density at radius 3 is 2.41 bits per heavy atom. The molecule has 0 amide bonds. The molecule has 2 heteroatoms. The molecule has 1 atom stereocenters. The number of hydrogen-bond acceptors (Lipinski definition) is 2. The molecule has 0 aromatic heterocycles. The zero-order valence-corrected chi connectivity index (χ0v) is 12.4. The molecule has 1 N–H and O–H groups in total. The molecule has 0 radical (unpaired) electrons. The molecule has 1 saturated heterocycles. The second-order valence-corrected chi connectivity index (χ2v) is 6.04. The smallest absolute Gasteiger partial charge is 0.00674 e. The Morgan fingerprint density at radius 1 is 1.24 bits per heavy atom. The van der Waals surface area contributed by atoms with Crippen LogP contribution in [0.1, 0.15) is 59.8 Å². The second-order valence-electron chi connectivity index (χ2n) is 6.04. The van der Waals surface area contributed by atoms with Gasteiger partial charge in [-0.2, -0.15) is 0 Å². The number of rotatable bonds is 7. The highest BCUT2D eigenvalue weighted by Gasteiger charge is 2.29. The topological polar surface area (TPSA) is 15.3 Å². The average Bonchev–Trinajstić information content (AvgIpc) is 2.35. The fourth-order valence-electron chi connectivity index (χ4n) is 2.74. The van der Waals surface area contributed by atoms with Crippen molar-refractivity contribution in [3.05, 3.63) is 0 Å². The maximum absolute atomic E-state index is 3.41. The van der Waals surface area contributed by atoms with Crippen LogP contribution in [0, 0.1) is 5.41 Å². The second kappa shape index (κ2) is 7.38. The molecule has 1 heterocycles. The first kappa shape index (κ1) is 15.0. The van der Waals surface area contributed by atoms with Gasteiger partial charge in [-0.1, -0.05) is 27.2 Å². The lowest BCUT2D eigenvalue weighted by molar-refractivity contribution is 0.0827. The van der Waals surface area contributed by atoms with Gasteiger partial charge in [0.15, 0.2) is 0 Å². The highest BCUT2D eigenvalue weighted by Crippen LogP contribution is 2.34. The van der Waals surface area contributed by atoms with E-state index in [1.54, 1.807) is 0 Å². The molecule has 1 aliphatic heterocycles. The Balaban J connectivity index is 2.19. The van der Waals surface area contributed by atoms with Crippen LogP contribution >= 0.6 is 0 Å². The van der Waals surface area contributed by atoms with Crippen molar-refractivity contribution in [3.8, 4) is 0 Å². The first-order valence-corrected chi connectivity index (χ1v) is 7.56. The van der Waals surface area contributed by atoms with E-state index in [1.807, 2.05) is 0 Å². The fourth-order valence-corrected chi connectivity index (χ4v) is 2.74. The Labute approximate surface area is 108 Å². The van der Waals surface area contributed by atoms with Crippen molar-refractivity contribution >= 4 is 0 Å². The zero-order valence-electron chi connectivity index (χ0n) is 12.4. The van der Waals surface area contributed by atoms with Crippen LogP contribution in [-0.2, 0) is 0 Å². The minimum atomic E-state index is 0.625. The molecule has 1 fully saturated rings. The lowest BCUT2D eigenvalue weighted by Gasteiger charge is -2.41. The molecule has 0 bridgehead atoms. The number of hydrogen-bond donors (Lipinski definition) is 1. The van der Waals surface area contributed by atoms with E-state index in [4.69, 9.17) is 0 Å².